The highest BCUT2D eigenvalue weighted by molar-refractivity contribution is 7.26. The number of nitrogens with zero attached hydrogens (tertiary/aromatic N) is 2. The zero-order chi connectivity index (χ0) is 20.5. The first kappa shape index (κ1) is 18.3. The standard InChI is InChI=1S/C25H19N3OS/c1-2-13-27-25(29)22-15-26-16-28(22)18-8-5-7-17(14-18)19-10-6-11-21-20-9-3-4-12-23(20)30-24(19)21/h2-12,14-16H,1,13H2,(H,27,29). The summed E-state index contributed by atoms with van der Waals surface area (Å²) in [6.45, 7) is 4.06. The van der Waals surface area contributed by atoms with E-state index in [4.69, 9.17) is 0 Å². The predicted octanol–water partition coefficient (Wildman–Crippen LogP) is 5.82. The summed E-state index contributed by atoms with van der Waals surface area (Å²) in [5.41, 5.74) is 3.69. The molecule has 0 saturated heterocycles. The quantitative estimate of drug-likeness (QED) is 0.372. The van der Waals surface area contributed by atoms with Crippen molar-refractivity contribution in [3.05, 3.63) is 97.6 Å². The number of hydrogen-bond donors (Lipinski definition) is 1. The number of carbonyl (C=O) groups excluding carboxylic acids is 1. The van der Waals surface area contributed by atoms with Gasteiger partial charge in [0, 0.05) is 32.4 Å². The van der Waals surface area contributed by atoms with Gasteiger partial charge in [0.25, 0.3) is 5.91 Å². The number of nitrogens with one attached hydrogen (secondary N) is 1. The molecule has 0 spiro atoms. The molecule has 0 bridgehead atoms. The average Bonchev–Trinajstić information content (AvgIpc) is 3.42. The number of imidazole rings is 1. The van der Waals surface area contributed by atoms with E-state index < -0.39 is 0 Å². The van der Waals surface area contributed by atoms with Gasteiger partial charge in [0.2, 0.25) is 0 Å². The Hall–Kier alpha value is -3.70. The van der Waals surface area contributed by atoms with E-state index in [0.29, 0.717) is 12.2 Å². The zero-order valence-corrected chi connectivity index (χ0v) is 17.0. The van der Waals surface area contributed by atoms with Crippen molar-refractivity contribution in [2.45, 2.75) is 0 Å². The van der Waals surface area contributed by atoms with Gasteiger partial charge in [-0.2, -0.15) is 0 Å². The van der Waals surface area contributed by atoms with Gasteiger partial charge in [-0.25, -0.2) is 4.98 Å². The van der Waals surface area contributed by atoms with Crippen LogP contribution in [0, 0.1) is 0 Å². The van der Waals surface area contributed by atoms with E-state index in [2.05, 4.69) is 71.5 Å². The van der Waals surface area contributed by atoms with E-state index in [0.717, 1.165) is 11.3 Å². The molecule has 4 nitrogen and oxygen atoms in total. The summed E-state index contributed by atoms with van der Waals surface area (Å²) in [6, 6.07) is 23.2. The Morgan fingerprint density at radius 1 is 1.07 bits per heavy atom. The van der Waals surface area contributed by atoms with Crippen LogP contribution < -0.4 is 5.32 Å². The van der Waals surface area contributed by atoms with Crippen molar-refractivity contribution in [1.82, 2.24) is 14.9 Å². The van der Waals surface area contributed by atoms with Gasteiger partial charge in [0.1, 0.15) is 5.69 Å². The number of carbonyl (C=O) groups is 1. The van der Waals surface area contributed by atoms with Gasteiger partial charge in [-0.3, -0.25) is 9.36 Å². The first-order valence-electron chi connectivity index (χ1n) is 9.69. The lowest BCUT2D eigenvalue weighted by molar-refractivity contribution is 0.0951. The molecule has 2 heterocycles. The van der Waals surface area contributed by atoms with Crippen molar-refractivity contribution in [3.63, 3.8) is 0 Å². The highest BCUT2D eigenvalue weighted by Crippen LogP contribution is 2.40. The van der Waals surface area contributed by atoms with Crippen LogP contribution in [-0.4, -0.2) is 22.0 Å². The normalized spacial score (nSPS) is 11.1. The molecule has 1 N–H and O–H groups in total. The zero-order valence-electron chi connectivity index (χ0n) is 16.2. The second-order valence-electron chi connectivity index (χ2n) is 6.98. The third-order valence-electron chi connectivity index (χ3n) is 5.12. The smallest absolute Gasteiger partial charge is 0.270 e. The Labute approximate surface area is 178 Å². The van der Waals surface area contributed by atoms with Crippen LogP contribution in [0.4, 0.5) is 0 Å². The summed E-state index contributed by atoms with van der Waals surface area (Å²) >= 11 is 1.81. The van der Waals surface area contributed by atoms with E-state index in [9.17, 15) is 4.79 Å². The summed E-state index contributed by atoms with van der Waals surface area (Å²) in [4.78, 5) is 16.7. The summed E-state index contributed by atoms with van der Waals surface area (Å²) < 4.78 is 4.37. The molecule has 5 rings (SSSR count). The minimum atomic E-state index is -0.176. The van der Waals surface area contributed by atoms with Gasteiger partial charge in [-0.1, -0.05) is 54.6 Å². The van der Waals surface area contributed by atoms with E-state index in [-0.39, 0.29) is 5.91 Å². The first-order chi connectivity index (χ1) is 14.8. The summed E-state index contributed by atoms with van der Waals surface area (Å²) in [5, 5.41) is 5.37. The Balaban J connectivity index is 1.61. The van der Waals surface area contributed by atoms with Crippen molar-refractivity contribution >= 4 is 37.4 Å². The minimum Gasteiger partial charge on any atom is -0.347 e. The summed E-state index contributed by atoms with van der Waals surface area (Å²) in [6.07, 6.45) is 4.91. The van der Waals surface area contributed by atoms with Crippen LogP contribution >= 0.6 is 11.3 Å². The number of hydrogen-bond acceptors (Lipinski definition) is 3. The van der Waals surface area contributed by atoms with Gasteiger partial charge in [0.15, 0.2) is 0 Å². The lowest BCUT2D eigenvalue weighted by atomic mass is 10.0. The van der Waals surface area contributed by atoms with Crippen molar-refractivity contribution in [3.8, 4) is 16.8 Å². The third kappa shape index (κ3) is 3.09. The molecule has 0 aliphatic carbocycles. The van der Waals surface area contributed by atoms with Gasteiger partial charge >= 0.3 is 0 Å². The number of thiophene rings is 1. The molecule has 0 saturated carbocycles. The van der Waals surface area contributed by atoms with Gasteiger partial charge in [-0.05, 0) is 29.3 Å². The number of aromatic nitrogens is 2. The van der Waals surface area contributed by atoms with Crippen molar-refractivity contribution in [1.29, 1.82) is 0 Å². The van der Waals surface area contributed by atoms with Crippen LogP contribution in [0.2, 0.25) is 0 Å². The lowest BCUT2D eigenvalue weighted by Crippen LogP contribution is -2.25. The fourth-order valence-electron chi connectivity index (χ4n) is 3.72. The second kappa shape index (κ2) is 7.61. The van der Waals surface area contributed by atoms with Crippen LogP contribution in [0.1, 0.15) is 10.5 Å². The van der Waals surface area contributed by atoms with Crippen molar-refractivity contribution in [2.24, 2.45) is 0 Å². The van der Waals surface area contributed by atoms with Crippen LogP contribution in [0.25, 0.3) is 37.0 Å². The monoisotopic (exact) mass is 409 g/mol. The van der Waals surface area contributed by atoms with Crippen molar-refractivity contribution < 1.29 is 4.79 Å². The molecule has 0 radical (unpaired) electrons. The van der Waals surface area contributed by atoms with Crippen LogP contribution in [0.3, 0.4) is 0 Å². The highest BCUT2D eigenvalue weighted by Gasteiger charge is 2.14. The maximum Gasteiger partial charge on any atom is 0.270 e. The first-order valence-corrected chi connectivity index (χ1v) is 10.5. The molecule has 0 fully saturated rings. The van der Waals surface area contributed by atoms with Gasteiger partial charge < -0.3 is 5.32 Å². The Bertz CT molecular complexity index is 1400. The number of amides is 1. The minimum absolute atomic E-state index is 0.176. The van der Waals surface area contributed by atoms with E-state index in [1.54, 1.807) is 18.6 Å². The maximum absolute atomic E-state index is 12.5. The molecular weight excluding hydrogens is 390 g/mol. The summed E-state index contributed by atoms with van der Waals surface area (Å²) in [7, 11) is 0. The lowest BCUT2D eigenvalue weighted by Gasteiger charge is -2.10. The number of benzene rings is 3. The molecule has 5 aromatic rings. The van der Waals surface area contributed by atoms with Crippen LogP contribution in [0.15, 0.2) is 91.9 Å². The molecule has 30 heavy (non-hydrogen) atoms. The molecule has 1 amide bonds. The van der Waals surface area contributed by atoms with Crippen molar-refractivity contribution in [2.75, 3.05) is 6.54 Å². The van der Waals surface area contributed by atoms with Crippen LogP contribution in [0.5, 0.6) is 0 Å². The molecule has 2 aromatic heterocycles. The molecule has 3 aromatic carbocycles. The molecule has 0 aliphatic heterocycles. The molecule has 0 aliphatic rings. The molecule has 146 valence electrons. The number of rotatable bonds is 5. The van der Waals surface area contributed by atoms with Gasteiger partial charge in [0.05, 0.1) is 12.5 Å². The predicted molar refractivity (Wildman–Crippen MR) is 124 cm³/mol. The number of fused-ring (bicyclic) bond motifs is 3. The SMILES string of the molecule is C=CCNC(=O)c1cncn1-c1cccc(-c2cccc3c2sc2ccccc23)c1. The Kier molecular flexibility index (Phi) is 4.65. The second-order valence-corrected chi connectivity index (χ2v) is 8.03. The molecule has 5 heteroatoms. The van der Waals surface area contributed by atoms with E-state index >= 15 is 0 Å². The summed E-state index contributed by atoms with van der Waals surface area (Å²) in [5.74, 6) is -0.176. The maximum atomic E-state index is 12.5. The molecule has 0 atom stereocenters. The Morgan fingerprint density at radius 2 is 1.90 bits per heavy atom. The molecule has 0 unspecified atom stereocenters. The fraction of sp³-hybridized carbons (Fsp3) is 0.0400. The highest BCUT2D eigenvalue weighted by atomic mass is 32.1. The largest absolute Gasteiger partial charge is 0.347 e. The topological polar surface area (TPSA) is 46.9 Å². The average molecular weight is 410 g/mol. The van der Waals surface area contributed by atoms with E-state index in [1.165, 1.54) is 25.7 Å². The third-order valence-corrected chi connectivity index (χ3v) is 6.34. The van der Waals surface area contributed by atoms with E-state index in [1.807, 2.05) is 28.0 Å². The molecular formula is C25H19N3OS. The van der Waals surface area contributed by atoms with Gasteiger partial charge in [-0.15, -0.1) is 17.9 Å². The Morgan fingerprint density at radius 3 is 2.80 bits per heavy atom. The van der Waals surface area contributed by atoms with Crippen LogP contribution in [-0.2, 0) is 0 Å². The fourth-order valence-corrected chi connectivity index (χ4v) is 4.96.